The molecule has 0 aliphatic heterocycles. The Balaban J connectivity index is 2.42. The van der Waals surface area contributed by atoms with Crippen molar-refractivity contribution in [2.75, 3.05) is 5.32 Å². The number of thiocarbonyl (C=S) groups is 1. The van der Waals surface area contributed by atoms with Crippen LogP contribution in [0.3, 0.4) is 0 Å². The highest BCUT2D eigenvalue weighted by Crippen LogP contribution is 1.95. The zero-order valence-electron chi connectivity index (χ0n) is 6.20. The topological polar surface area (TPSA) is 83.8 Å². The number of nitrogens with zero attached hydrogens (tertiary/aromatic N) is 1. The second kappa shape index (κ2) is 3.82. The van der Waals surface area contributed by atoms with Gasteiger partial charge in [-0.3, -0.25) is 10.1 Å². The first-order chi connectivity index (χ1) is 5.68. The van der Waals surface area contributed by atoms with Gasteiger partial charge in [-0.15, -0.1) is 0 Å². The maximum atomic E-state index is 11.0. The van der Waals surface area contributed by atoms with Crippen molar-refractivity contribution in [2.24, 2.45) is 5.73 Å². The first kappa shape index (κ1) is 8.66. The number of nitrogens with one attached hydrogen (secondary N) is 2. The predicted octanol–water partition coefficient (Wildman–Crippen LogP) is 0.0244. The molecule has 12 heavy (non-hydrogen) atoms. The number of amides is 1. The molecule has 0 bridgehead atoms. The normalized spacial score (nSPS) is 9.33. The highest BCUT2D eigenvalue weighted by Gasteiger charge is 2.03. The van der Waals surface area contributed by atoms with Crippen molar-refractivity contribution in [3.63, 3.8) is 0 Å². The SMILES string of the molecule is NC(=S)CC(=O)Nc1ncc[nH]1. The van der Waals surface area contributed by atoms with Gasteiger partial charge < -0.3 is 10.7 Å². The van der Waals surface area contributed by atoms with Crippen LogP contribution in [0.4, 0.5) is 5.95 Å². The van der Waals surface area contributed by atoms with Crippen LogP contribution in [0.25, 0.3) is 0 Å². The number of rotatable bonds is 3. The summed E-state index contributed by atoms with van der Waals surface area (Å²) in [7, 11) is 0. The number of H-pyrrole nitrogens is 1. The summed E-state index contributed by atoms with van der Waals surface area (Å²) >= 11 is 4.55. The van der Waals surface area contributed by atoms with Crippen molar-refractivity contribution >= 4 is 29.1 Å². The van der Waals surface area contributed by atoms with Gasteiger partial charge in [0, 0.05) is 12.4 Å². The lowest BCUT2D eigenvalue weighted by Gasteiger charge is -1.98. The van der Waals surface area contributed by atoms with Crippen molar-refractivity contribution in [3.8, 4) is 0 Å². The van der Waals surface area contributed by atoms with E-state index in [1.54, 1.807) is 6.20 Å². The van der Waals surface area contributed by atoms with Crippen LogP contribution in [-0.2, 0) is 4.79 Å². The zero-order valence-corrected chi connectivity index (χ0v) is 7.02. The molecular weight excluding hydrogens is 176 g/mol. The molecule has 1 amide bonds. The summed E-state index contributed by atoms with van der Waals surface area (Å²) in [6, 6.07) is 0. The van der Waals surface area contributed by atoms with E-state index in [0.717, 1.165) is 0 Å². The van der Waals surface area contributed by atoms with E-state index < -0.39 is 0 Å². The molecule has 0 spiro atoms. The maximum absolute atomic E-state index is 11.0. The fourth-order valence-corrected chi connectivity index (χ4v) is 0.799. The average molecular weight is 184 g/mol. The van der Waals surface area contributed by atoms with Crippen LogP contribution in [0.1, 0.15) is 6.42 Å². The number of hydrogen-bond donors (Lipinski definition) is 3. The van der Waals surface area contributed by atoms with Gasteiger partial charge in [0.05, 0.1) is 11.4 Å². The molecule has 1 aromatic rings. The van der Waals surface area contributed by atoms with Crippen molar-refractivity contribution in [1.82, 2.24) is 9.97 Å². The van der Waals surface area contributed by atoms with Crippen LogP contribution in [-0.4, -0.2) is 20.9 Å². The smallest absolute Gasteiger partial charge is 0.233 e. The summed E-state index contributed by atoms with van der Waals surface area (Å²) in [5.74, 6) is 0.133. The van der Waals surface area contributed by atoms with E-state index in [9.17, 15) is 4.79 Å². The lowest BCUT2D eigenvalue weighted by molar-refractivity contribution is -0.115. The Morgan fingerprint density at radius 1 is 1.83 bits per heavy atom. The molecule has 4 N–H and O–H groups in total. The molecule has 0 unspecified atom stereocenters. The highest BCUT2D eigenvalue weighted by molar-refractivity contribution is 7.80. The number of nitrogens with two attached hydrogens (primary N) is 1. The Hall–Kier alpha value is -1.43. The van der Waals surface area contributed by atoms with Gasteiger partial charge in [-0.1, -0.05) is 12.2 Å². The van der Waals surface area contributed by atoms with Crippen molar-refractivity contribution in [1.29, 1.82) is 0 Å². The molecule has 0 aliphatic carbocycles. The number of imidazole rings is 1. The zero-order chi connectivity index (χ0) is 8.97. The second-order valence-electron chi connectivity index (χ2n) is 2.13. The van der Waals surface area contributed by atoms with Gasteiger partial charge in [-0.25, -0.2) is 4.98 Å². The van der Waals surface area contributed by atoms with Gasteiger partial charge in [0.25, 0.3) is 0 Å². The summed E-state index contributed by atoms with van der Waals surface area (Å²) < 4.78 is 0. The number of carbonyl (C=O) groups excluding carboxylic acids is 1. The average Bonchev–Trinajstić information content (AvgIpc) is 2.37. The van der Waals surface area contributed by atoms with E-state index in [0.29, 0.717) is 5.95 Å². The summed E-state index contributed by atoms with van der Waals surface area (Å²) in [6.45, 7) is 0. The number of aromatic nitrogens is 2. The van der Waals surface area contributed by atoms with E-state index >= 15 is 0 Å². The third-order valence-electron chi connectivity index (χ3n) is 1.09. The largest absolute Gasteiger partial charge is 0.393 e. The molecule has 0 radical (unpaired) electrons. The van der Waals surface area contributed by atoms with Crippen LogP contribution in [0, 0.1) is 0 Å². The Labute approximate surface area is 74.4 Å². The van der Waals surface area contributed by atoms with Crippen LogP contribution in [0.2, 0.25) is 0 Å². The molecule has 1 aromatic heterocycles. The van der Waals surface area contributed by atoms with E-state index in [1.807, 2.05) is 0 Å². The Morgan fingerprint density at radius 3 is 3.08 bits per heavy atom. The molecule has 0 aromatic carbocycles. The van der Waals surface area contributed by atoms with Crippen LogP contribution < -0.4 is 11.1 Å². The fraction of sp³-hybridized carbons (Fsp3) is 0.167. The predicted molar refractivity (Wildman–Crippen MR) is 48.6 cm³/mol. The third kappa shape index (κ3) is 2.67. The van der Waals surface area contributed by atoms with Crippen LogP contribution in [0.15, 0.2) is 12.4 Å². The molecular formula is C6H8N4OS. The summed E-state index contributed by atoms with van der Waals surface area (Å²) in [4.78, 5) is 17.7. The van der Waals surface area contributed by atoms with Crippen molar-refractivity contribution in [2.45, 2.75) is 6.42 Å². The minimum absolute atomic E-state index is 0.0377. The first-order valence-electron chi connectivity index (χ1n) is 3.26. The molecule has 1 heterocycles. The molecule has 0 atom stereocenters. The summed E-state index contributed by atoms with van der Waals surface area (Å²) in [5.41, 5.74) is 5.16. The number of aromatic amines is 1. The van der Waals surface area contributed by atoms with Gasteiger partial charge in [-0.2, -0.15) is 0 Å². The minimum atomic E-state index is -0.266. The van der Waals surface area contributed by atoms with Gasteiger partial charge >= 0.3 is 0 Å². The van der Waals surface area contributed by atoms with Gasteiger partial charge in [0.2, 0.25) is 11.9 Å². The highest BCUT2D eigenvalue weighted by atomic mass is 32.1. The number of anilines is 1. The van der Waals surface area contributed by atoms with E-state index in [-0.39, 0.29) is 17.3 Å². The maximum Gasteiger partial charge on any atom is 0.233 e. The van der Waals surface area contributed by atoms with E-state index in [2.05, 4.69) is 27.5 Å². The fourth-order valence-electron chi connectivity index (χ4n) is 0.668. The van der Waals surface area contributed by atoms with Crippen molar-refractivity contribution in [3.05, 3.63) is 12.4 Å². The molecule has 0 fully saturated rings. The first-order valence-corrected chi connectivity index (χ1v) is 3.67. The van der Waals surface area contributed by atoms with Crippen molar-refractivity contribution < 1.29 is 4.79 Å². The van der Waals surface area contributed by atoms with Gasteiger partial charge in [0.1, 0.15) is 0 Å². The minimum Gasteiger partial charge on any atom is -0.393 e. The molecule has 64 valence electrons. The lowest BCUT2D eigenvalue weighted by atomic mass is 10.4. The Kier molecular flexibility index (Phi) is 2.76. The Bertz CT molecular complexity index is 282. The van der Waals surface area contributed by atoms with E-state index in [4.69, 9.17) is 5.73 Å². The van der Waals surface area contributed by atoms with Gasteiger partial charge in [-0.05, 0) is 0 Å². The summed E-state index contributed by atoms with van der Waals surface area (Å²) in [6.07, 6.45) is 3.18. The van der Waals surface area contributed by atoms with Crippen LogP contribution in [0.5, 0.6) is 0 Å². The second-order valence-corrected chi connectivity index (χ2v) is 2.65. The molecule has 6 heteroatoms. The monoisotopic (exact) mass is 184 g/mol. The lowest BCUT2D eigenvalue weighted by Crippen LogP contribution is -2.20. The molecule has 0 saturated carbocycles. The number of carbonyl (C=O) groups is 1. The molecule has 1 rings (SSSR count). The standard InChI is InChI=1S/C6H8N4OS/c7-4(12)3-5(11)10-6-8-1-2-9-6/h1-2H,3H2,(H2,7,12)(H2,8,9,10,11). The van der Waals surface area contributed by atoms with Crippen LogP contribution >= 0.6 is 12.2 Å². The molecule has 0 aliphatic rings. The number of hydrogen-bond acceptors (Lipinski definition) is 3. The Morgan fingerprint density at radius 2 is 2.58 bits per heavy atom. The quantitative estimate of drug-likeness (QED) is 0.578. The molecule has 5 nitrogen and oxygen atoms in total. The molecule has 0 saturated heterocycles. The van der Waals surface area contributed by atoms with E-state index in [1.165, 1.54) is 6.20 Å². The van der Waals surface area contributed by atoms with Gasteiger partial charge in [0.15, 0.2) is 0 Å². The third-order valence-corrected chi connectivity index (χ3v) is 1.24. The summed E-state index contributed by atoms with van der Waals surface area (Å²) in [5, 5.41) is 2.48.